The molecule has 2 aliphatic rings. The zero-order valence-corrected chi connectivity index (χ0v) is 28.8. The lowest BCUT2D eigenvalue weighted by molar-refractivity contribution is -0.151. The van der Waals surface area contributed by atoms with E-state index in [1.165, 1.54) is 11.8 Å². The molecule has 1 aliphatic carbocycles. The van der Waals surface area contributed by atoms with Gasteiger partial charge in [0, 0.05) is 23.6 Å². The number of amides is 4. The van der Waals surface area contributed by atoms with E-state index in [0.29, 0.717) is 45.1 Å². The fourth-order valence-electron chi connectivity index (χ4n) is 5.49. The number of hydrogen-bond donors (Lipinski definition) is 4. The maximum absolute atomic E-state index is 13.4. The molecule has 15 heteroatoms. The Labute approximate surface area is 283 Å². The fraction of sp³-hybridized carbons (Fsp3) is 0.667. The van der Waals surface area contributed by atoms with E-state index in [-0.39, 0.29) is 31.6 Å². The van der Waals surface area contributed by atoms with Crippen LogP contribution in [0.2, 0.25) is 0 Å². The number of aliphatic carboxylic acids is 1. The number of nitrogens with one attached hydrogen (secondary N) is 3. The highest BCUT2D eigenvalue weighted by molar-refractivity contribution is 7.33. The minimum Gasteiger partial charge on any atom is -0.480 e. The number of likely N-dealkylation sites (tertiary alicyclic amines) is 1. The minimum atomic E-state index is -2.75. The number of ether oxygens (including phenoxy) is 1. The van der Waals surface area contributed by atoms with Crippen LogP contribution < -0.4 is 16.0 Å². The van der Waals surface area contributed by atoms with E-state index in [1.807, 2.05) is 37.3 Å². The Balaban J connectivity index is 1.48. The number of carbonyl (C=O) groups excluding carboxylic acids is 4. The van der Waals surface area contributed by atoms with Gasteiger partial charge in [0.25, 0.3) is 5.91 Å². The van der Waals surface area contributed by atoms with E-state index < -0.39 is 56.4 Å². The van der Waals surface area contributed by atoms with Crippen LogP contribution in [0.5, 0.6) is 0 Å². The Hall–Kier alpha value is -3.61. The van der Waals surface area contributed by atoms with Crippen molar-refractivity contribution in [3.8, 4) is 0 Å². The average molecular weight is 694 g/mol. The molecule has 1 aromatic carbocycles. The van der Waals surface area contributed by atoms with Gasteiger partial charge in [0.2, 0.25) is 11.8 Å². The number of carboxylic acids is 1. The highest BCUT2D eigenvalue weighted by Gasteiger charge is 2.40. The van der Waals surface area contributed by atoms with Gasteiger partial charge in [-0.1, -0.05) is 56.5 Å². The molecule has 2 fully saturated rings. The molecule has 5 atom stereocenters. The minimum absolute atomic E-state index is 0.113. The molecule has 1 saturated carbocycles. The van der Waals surface area contributed by atoms with Crippen LogP contribution >= 0.6 is 8.25 Å². The highest BCUT2D eigenvalue weighted by atomic mass is 31.1. The predicted octanol–water partition coefficient (Wildman–Crippen LogP) is 4.20. The normalized spacial score (nSPS) is 18.2. The number of benzene rings is 1. The molecule has 1 aliphatic heterocycles. The van der Waals surface area contributed by atoms with Crippen molar-refractivity contribution >= 4 is 38.0 Å². The van der Waals surface area contributed by atoms with Crippen LogP contribution in [-0.4, -0.2) is 83.7 Å². The van der Waals surface area contributed by atoms with Crippen molar-refractivity contribution in [2.24, 2.45) is 5.92 Å². The van der Waals surface area contributed by atoms with E-state index in [4.69, 9.17) is 13.8 Å². The first kappa shape index (κ1) is 38.8. The molecule has 4 N–H and O–H groups in total. The van der Waals surface area contributed by atoms with Gasteiger partial charge in [-0.05, 0) is 63.9 Å². The van der Waals surface area contributed by atoms with Gasteiger partial charge in [-0.25, -0.2) is 9.59 Å². The van der Waals surface area contributed by atoms with Gasteiger partial charge >= 0.3 is 20.3 Å². The Bertz CT molecular complexity index is 1230. The Kier molecular flexibility index (Phi) is 16.7. The highest BCUT2D eigenvalue weighted by Crippen LogP contribution is 2.29. The van der Waals surface area contributed by atoms with Gasteiger partial charge < -0.3 is 30.7 Å². The molecule has 0 spiro atoms. The number of carboxylic acid groups (broad SMARTS) is 1. The number of nitrogens with zero attached hydrogens (tertiary/aromatic N) is 1. The van der Waals surface area contributed by atoms with Gasteiger partial charge in [0.15, 0.2) is 6.10 Å². The zero-order chi connectivity index (χ0) is 34.9. The quantitative estimate of drug-likeness (QED) is 0.107. The number of alkyl carbamates (subject to hydrolysis) is 1. The summed E-state index contributed by atoms with van der Waals surface area (Å²) in [5.41, 5.74) is 0.878. The summed E-state index contributed by atoms with van der Waals surface area (Å²) in [6, 6.07) is 7.05. The van der Waals surface area contributed by atoms with Gasteiger partial charge in [-0.2, -0.15) is 0 Å². The maximum Gasteiger partial charge on any atom is 0.698 e. The van der Waals surface area contributed by atoms with E-state index in [0.717, 1.165) is 37.7 Å². The van der Waals surface area contributed by atoms with E-state index in [1.54, 1.807) is 0 Å². The smallest absolute Gasteiger partial charge is 0.480 e. The van der Waals surface area contributed by atoms with Gasteiger partial charge in [0.1, 0.15) is 25.3 Å². The molecule has 0 aromatic heterocycles. The zero-order valence-electron chi connectivity index (χ0n) is 27.9. The first-order chi connectivity index (χ1) is 23.1. The summed E-state index contributed by atoms with van der Waals surface area (Å²) < 4.78 is 28.5. The largest absolute Gasteiger partial charge is 0.698 e. The molecule has 4 amide bonds. The van der Waals surface area contributed by atoms with Crippen molar-refractivity contribution in [2.45, 2.75) is 115 Å². The van der Waals surface area contributed by atoms with Crippen LogP contribution in [0.25, 0.3) is 0 Å². The number of carbonyl (C=O) groups is 5. The van der Waals surface area contributed by atoms with Crippen molar-refractivity contribution in [1.82, 2.24) is 20.9 Å². The molecular formula is C33H50N4O10P+. The molecule has 0 bridgehead atoms. The summed E-state index contributed by atoms with van der Waals surface area (Å²) in [6.45, 7) is 4.02. The Morgan fingerprint density at radius 2 is 1.75 bits per heavy atom. The average Bonchev–Trinajstić information content (AvgIpc) is 3.54. The summed E-state index contributed by atoms with van der Waals surface area (Å²) in [4.78, 5) is 63.7. The first-order valence-electron chi connectivity index (χ1n) is 16.9. The second-order valence-electron chi connectivity index (χ2n) is 12.3. The van der Waals surface area contributed by atoms with Gasteiger partial charge in [0.05, 0.1) is 6.04 Å². The molecular weight excluding hydrogens is 643 g/mol. The third kappa shape index (κ3) is 13.1. The topological polar surface area (TPSA) is 190 Å². The van der Waals surface area contributed by atoms with E-state index >= 15 is 0 Å². The molecule has 3 rings (SSSR count). The third-order valence-electron chi connectivity index (χ3n) is 8.56. The maximum atomic E-state index is 13.4. The Morgan fingerprint density at radius 1 is 1.00 bits per heavy atom. The molecule has 14 nitrogen and oxygen atoms in total. The van der Waals surface area contributed by atoms with Crippen LogP contribution in [0.1, 0.15) is 90.0 Å². The molecule has 266 valence electrons. The van der Waals surface area contributed by atoms with Crippen molar-refractivity contribution < 1.29 is 47.4 Å². The number of unbranched alkanes of at least 4 members (excludes halogenated alkanes) is 2. The SMILES string of the molecule is CCCCC(CO[P+](=O)O[C@@H](C)C(=O)N1CCC[C@H]1C(=O)O)NC(=O)[C@H](CCCCNC(=O)OCc1ccccc1)NC(=O)C1CCC1. The van der Waals surface area contributed by atoms with Gasteiger partial charge in [-0.3, -0.25) is 14.4 Å². The van der Waals surface area contributed by atoms with E-state index in [2.05, 4.69) is 16.0 Å². The van der Waals surface area contributed by atoms with Crippen LogP contribution in [0.4, 0.5) is 4.79 Å². The van der Waals surface area contributed by atoms with Crippen molar-refractivity contribution in [3.05, 3.63) is 35.9 Å². The predicted molar refractivity (Wildman–Crippen MR) is 176 cm³/mol. The van der Waals surface area contributed by atoms with Crippen molar-refractivity contribution in [1.29, 1.82) is 0 Å². The summed E-state index contributed by atoms with van der Waals surface area (Å²) in [5.74, 6) is -2.34. The van der Waals surface area contributed by atoms with Crippen molar-refractivity contribution in [2.75, 3.05) is 19.7 Å². The van der Waals surface area contributed by atoms with Crippen LogP contribution in [0, 0.1) is 5.92 Å². The Morgan fingerprint density at radius 3 is 2.42 bits per heavy atom. The van der Waals surface area contributed by atoms with E-state index in [9.17, 15) is 33.6 Å². The lowest BCUT2D eigenvalue weighted by Crippen LogP contribution is -2.52. The molecule has 1 saturated heterocycles. The summed E-state index contributed by atoms with van der Waals surface area (Å²) in [5, 5.41) is 17.9. The second kappa shape index (κ2) is 20.7. The van der Waals surface area contributed by atoms with Crippen LogP contribution in [0.3, 0.4) is 0 Å². The second-order valence-corrected chi connectivity index (χ2v) is 13.2. The summed E-state index contributed by atoms with van der Waals surface area (Å²) in [7, 11) is -2.75. The molecule has 0 radical (unpaired) electrons. The summed E-state index contributed by atoms with van der Waals surface area (Å²) >= 11 is 0. The number of hydrogen-bond acceptors (Lipinski definition) is 9. The third-order valence-corrected chi connectivity index (χ3v) is 9.41. The lowest BCUT2D eigenvalue weighted by atomic mass is 9.84. The van der Waals surface area contributed by atoms with Crippen LogP contribution in [-0.2, 0) is 44.1 Å². The van der Waals surface area contributed by atoms with Crippen molar-refractivity contribution in [3.63, 3.8) is 0 Å². The standard InChI is InChI=1S/C33H49N4O10P/c1-3-4-16-26(22-46-48(44)47-23(2)31(40)37-20-11-18-28(37)32(41)42)35-30(39)27(36-29(38)25-14-10-15-25)17-8-9-19-34-33(43)45-21-24-12-6-5-7-13-24/h5-7,12-13,23,25-28H,3-4,8-11,14-22H2,1-2H3,(H3-,34,35,36,38,39,41,42,43)/p+1/t23-,26?,27-,28-/m0/s1. The fourth-order valence-corrected chi connectivity index (χ4v) is 6.20. The summed E-state index contributed by atoms with van der Waals surface area (Å²) in [6.07, 6.45) is 5.28. The monoisotopic (exact) mass is 693 g/mol. The first-order valence-corrected chi connectivity index (χ1v) is 18.0. The molecule has 48 heavy (non-hydrogen) atoms. The number of rotatable bonds is 21. The van der Waals surface area contributed by atoms with Gasteiger partial charge in [-0.15, -0.1) is 9.05 Å². The molecule has 1 heterocycles. The lowest BCUT2D eigenvalue weighted by Gasteiger charge is -2.28. The molecule has 1 aromatic rings. The molecule has 2 unspecified atom stereocenters. The van der Waals surface area contributed by atoms with Crippen LogP contribution in [0.15, 0.2) is 30.3 Å².